The monoisotopic (exact) mass is 494 g/mol. The maximum atomic E-state index is 11.9. The van der Waals surface area contributed by atoms with Gasteiger partial charge in [0.15, 0.2) is 5.82 Å². The molecule has 36 heavy (non-hydrogen) atoms. The first-order chi connectivity index (χ1) is 17.4. The van der Waals surface area contributed by atoms with Gasteiger partial charge in [-0.15, -0.1) is 4.91 Å². The number of amides is 1. The first-order valence-corrected chi connectivity index (χ1v) is 12.2. The molecule has 0 radical (unpaired) electrons. The Morgan fingerprint density at radius 1 is 1.31 bits per heavy atom. The Kier molecular flexibility index (Phi) is 9.06. The molecule has 1 aliphatic carbocycles. The van der Waals surface area contributed by atoms with Crippen molar-refractivity contribution in [2.24, 2.45) is 5.18 Å². The predicted octanol–water partition coefficient (Wildman–Crippen LogP) is 4.76. The summed E-state index contributed by atoms with van der Waals surface area (Å²) in [5.74, 6) is 3.60. The zero-order valence-electron chi connectivity index (χ0n) is 21.5. The van der Waals surface area contributed by atoms with Gasteiger partial charge in [0, 0.05) is 30.9 Å². The number of benzene rings is 1. The van der Waals surface area contributed by atoms with E-state index in [4.69, 9.17) is 9.72 Å². The fourth-order valence-corrected chi connectivity index (χ4v) is 4.65. The van der Waals surface area contributed by atoms with Crippen molar-refractivity contribution in [1.29, 1.82) is 0 Å². The highest BCUT2D eigenvalue weighted by molar-refractivity contribution is 5.97. The second-order valence-corrected chi connectivity index (χ2v) is 8.89. The number of hydrogen-bond donors (Lipinski definition) is 2. The Morgan fingerprint density at radius 2 is 2.03 bits per heavy atom. The Bertz CT molecular complexity index is 1150. The first-order valence-electron chi connectivity index (χ1n) is 12.2. The summed E-state index contributed by atoms with van der Waals surface area (Å²) >= 11 is 0. The summed E-state index contributed by atoms with van der Waals surface area (Å²) in [5.41, 5.74) is 2.09. The number of nitrogens with zero attached hydrogens (tertiary/aromatic N) is 5. The molecule has 1 aromatic heterocycles. The number of nitrogens with one attached hydrogen (secondary N) is 1. The molecule has 1 aromatic carbocycles. The minimum Gasteiger partial charge on any atom is -0.491 e. The molecular formula is C26H34N6O4. The number of anilines is 4. The molecule has 2 aromatic rings. The summed E-state index contributed by atoms with van der Waals surface area (Å²) in [7, 11) is 3.88. The van der Waals surface area contributed by atoms with E-state index in [9.17, 15) is 14.8 Å². The number of aliphatic hydroxyl groups is 1. The normalized spacial score (nSPS) is 13.9. The predicted molar refractivity (Wildman–Crippen MR) is 141 cm³/mol. The molecule has 10 nitrogen and oxygen atoms in total. The number of nitroso groups, excluding NO2 is 1. The minimum absolute atomic E-state index is 0.185. The van der Waals surface area contributed by atoms with Crippen LogP contribution in [-0.4, -0.2) is 53.8 Å². The Labute approximate surface area is 212 Å². The van der Waals surface area contributed by atoms with Crippen molar-refractivity contribution < 1.29 is 14.6 Å². The summed E-state index contributed by atoms with van der Waals surface area (Å²) in [5, 5.41) is 15.2. The lowest BCUT2D eigenvalue weighted by Gasteiger charge is -2.36. The van der Waals surface area contributed by atoms with Crippen molar-refractivity contribution in [3.8, 4) is 17.8 Å². The van der Waals surface area contributed by atoms with Crippen molar-refractivity contribution in [1.82, 2.24) is 9.97 Å². The molecule has 0 bridgehead atoms. The second kappa shape index (κ2) is 12.2. The third-order valence-corrected chi connectivity index (χ3v) is 6.40. The van der Waals surface area contributed by atoms with Gasteiger partial charge in [-0.05, 0) is 51.2 Å². The molecule has 1 aliphatic rings. The van der Waals surface area contributed by atoms with Crippen molar-refractivity contribution in [3.63, 3.8) is 0 Å². The van der Waals surface area contributed by atoms with E-state index in [1.807, 2.05) is 32.8 Å². The molecule has 2 N–H and O–H groups in total. The fourth-order valence-electron chi connectivity index (χ4n) is 4.65. The summed E-state index contributed by atoms with van der Waals surface area (Å²) in [6.07, 6.45) is 8.90. The number of aromatic nitrogens is 2. The molecule has 1 fully saturated rings. The minimum atomic E-state index is -0.850. The third-order valence-electron chi connectivity index (χ3n) is 6.40. The first kappa shape index (κ1) is 26.7. The summed E-state index contributed by atoms with van der Waals surface area (Å²) in [6.45, 7) is 5.95. The van der Waals surface area contributed by atoms with E-state index < -0.39 is 5.91 Å². The quantitative estimate of drug-likeness (QED) is 0.356. The van der Waals surface area contributed by atoms with Gasteiger partial charge in [0.05, 0.1) is 35.8 Å². The average molecular weight is 495 g/mol. The van der Waals surface area contributed by atoms with E-state index in [1.165, 1.54) is 6.07 Å². The van der Waals surface area contributed by atoms with E-state index in [2.05, 4.69) is 32.4 Å². The van der Waals surface area contributed by atoms with Crippen LogP contribution in [0.5, 0.6) is 5.75 Å². The molecule has 0 saturated heterocycles. The van der Waals surface area contributed by atoms with Crippen molar-refractivity contribution in [2.75, 3.05) is 35.8 Å². The van der Waals surface area contributed by atoms with Gasteiger partial charge in [-0.3, -0.25) is 4.79 Å². The van der Waals surface area contributed by atoms with Crippen LogP contribution in [0.2, 0.25) is 0 Å². The lowest BCUT2D eigenvalue weighted by atomic mass is 10.1. The highest BCUT2D eigenvalue weighted by Crippen LogP contribution is 2.37. The van der Waals surface area contributed by atoms with Crippen LogP contribution in [0.25, 0.3) is 0 Å². The van der Waals surface area contributed by atoms with Gasteiger partial charge < -0.3 is 25.0 Å². The van der Waals surface area contributed by atoms with Gasteiger partial charge >= 0.3 is 5.91 Å². The molecule has 192 valence electrons. The Hall–Kier alpha value is -3.87. The van der Waals surface area contributed by atoms with Crippen molar-refractivity contribution in [3.05, 3.63) is 34.4 Å². The second-order valence-electron chi connectivity index (χ2n) is 8.89. The molecule has 1 saturated carbocycles. The standard InChI is InChI=1S/C26H34N6O4/c1-6-18(14-15-33)32(19-10-8-9-11-19)24-22(31(4)5)16-27-26(29-24)28-21-13-12-20(25(34)30-35)17(3)23(21)36-7-2/h12-13,16,18-19,33H,6-11H2,1-5H3,(H,27,28,29). The molecule has 1 heterocycles. The molecule has 0 spiro atoms. The maximum absolute atomic E-state index is 11.9. The third kappa shape index (κ3) is 5.67. The lowest BCUT2D eigenvalue weighted by molar-refractivity contribution is 0.0999. The topological polar surface area (TPSA) is 120 Å². The number of carbonyl (C=O) groups is 1. The van der Waals surface area contributed by atoms with Crippen molar-refractivity contribution >= 4 is 29.0 Å². The smallest absolute Gasteiger partial charge is 0.317 e. The number of aliphatic hydroxyl groups excluding tert-OH is 1. The average Bonchev–Trinajstić information content (AvgIpc) is 3.40. The van der Waals surface area contributed by atoms with E-state index in [0.717, 1.165) is 43.6 Å². The highest BCUT2D eigenvalue weighted by Gasteiger charge is 2.31. The SMILES string of the molecule is CCOc1c(Nc2ncc(N(C)C)c(N(C(C#CO)CC)C3CCCC3)n2)ccc(C(=O)N=O)c1C. The Balaban J connectivity index is 2.10. The largest absolute Gasteiger partial charge is 0.491 e. The molecule has 0 aliphatic heterocycles. The van der Waals surface area contributed by atoms with E-state index >= 15 is 0 Å². The number of carbonyl (C=O) groups excluding carboxylic acids is 1. The van der Waals surface area contributed by atoms with Gasteiger partial charge in [-0.25, -0.2) is 4.98 Å². The maximum Gasteiger partial charge on any atom is 0.317 e. The van der Waals surface area contributed by atoms with Crippen LogP contribution < -0.4 is 19.9 Å². The molecule has 1 amide bonds. The highest BCUT2D eigenvalue weighted by atomic mass is 16.5. The number of ether oxygens (including phenoxy) is 1. The van der Waals surface area contributed by atoms with Gasteiger partial charge in [-0.2, -0.15) is 4.98 Å². The van der Waals surface area contributed by atoms with Crippen molar-refractivity contribution in [2.45, 2.75) is 65.0 Å². The van der Waals surface area contributed by atoms with Crippen LogP contribution in [0.4, 0.5) is 23.1 Å². The number of hydrogen-bond acceptors (Lipinski definition) is 9. The van der Waals surface area contributed by atoms with Crippen LogP contribution in [0.15, 0.2) is 23.5 Å². The molecular weight excluding hydrogens is 460 g/mol. The molecule has 1 atom stereocenters. The van der Waals surface area contributed by atoms with Gasteiger partial charge in [0.2, 0.25) is 5.95 Å². The molecule has 3 rings (SSSR count). The Morgan fingerprint density at radius 3 is 2.61 bits per heavy atom. The fraction of sp³-hybridized carbons (Fsp3) is 0.500. The zero-order chi connectivity index (χ0) is 26.2. The van der Waals surface area contributed by atoms with Crippen LogP contribution in [0.3, 0.4) is 0 Å². The van der Waals surface area contributed by atoms with Crippen LogP contribution in [-0.2, 0) is 0 Å². The van der Waals surface area contributed by atoms with E-state index in [-0.39, 0.29) is 17.6 Å². The number of rotatable bonds is 10. The van der Waals surface area contributed by atoms with Crippen LogP contribution >= 0.6 is 0 Å². The lowest BCUT2D eigenvalue weighted by Crippen LogP contribution is -2.42. The van der Waals surface area contributed by atoms with E-state index in [0.29, 0.717) is 29.6 Å². The van der Waals surface area contributed by atoms with Gasteiger partial charge in [-0.1, -0.05) is 19.8 Å². The summed E-state index contributed by atoms with van der Waals surface area (Å²) < 4.78 is 5.81. The summed E-state index contributed by atoms with van der Waals surface area (Å²) in [6, 6.07) is 3.23. The zero-order valence-corrected chi connectivity index (χ0v) is 21.5. The molecule has 10 heteroatoms. The van der Waals surface area contributed by atoms with Gasteiger partial charge in [0.25, 0.3) is 0 Å². The van der Waals surface area contributed by atoms with Crippen LogP contribution in [0.1, 0.15) is 61.9 Å². The van der Waals surface area contributed by atoms with Gasteiger partial charge in [0.1, 0.15) is 11.9 Å². The summed E-state index contributed by atoms with van der Waals surface area (Å²) in [4.78, 5) is 36.4. The van der Waals surface area contributed by atoms with Crippen LogP contribution in [0, 0.1) is 23.9 Å². The van der Waals surface area contributed by atoms with E-state index in [1.54, 1.807) is 19.2 Å². The molecule has 1 unspecified atom stereocenters.